The van der Waals surface area contributed by atoms with Crippen molar-refractivity contribution in [2.75, 3.05) is 6.61 Å². The van der Waals surface area contributed by atoms with E-state index >= 15 is 0 Å². The van der Waals surface area contributed by atoms with Gasteiger partial charge >= 0.3 is 57.4 Å². The van der Waals surface area contributed by atoms with Gasteiger partial charge in [-0.25, -0.2) is 0 Å². The summed E-state index contributed by atoms with van der Waals surface area (Å²) in [5, 5.41) is 10.2. The van der Waals surface area contributed by atoms with Gasteiger partial charge < -0.3 is 14.6 Å². The molecular formula is C20H37KO4. The molecule has 25 heavy (non-hydrogen) atoms. The van der Waals surface area contributed by atoms with Crippen LogP contribution in [0.5, 0.6) is 0 Å². The van der Waals surface area contributed by atoms with E-state index in [0.29, 0.717) is 6.61 Å². The van der Waals surface area contributed by atoms with Crippen molar-refractivity contribution in [2.45, 2.75) is 110 Å². The maximum Gasteiger partial charge on any atom is 1.00 e. The van der Waals surface area contributed by atoms with Crippen molar-refractivity contribution in [1.82, 2.24) is 0 Å². The third kappa shape index (κ3) is 24.6. The van der Waals surface area contributed by atoms with Crippen LogP contribution in [0.4, 0.5) is 0 Å². The Morgan fingerprint density at radius 1 is 0.680 bits per heavy atom. The SMILES string of the molecule is CCCCCCCCCCCCCCCCOC(=O)CCC(=O)[O-].[K+]. The van der Waals surface area contributed by atoms with Crippen molar-refractivity contribution < 1.29 is 70.8 Å². The van der Waals surface area contributed by atoms with Gasteiger partial charge in [-0.1, -0.05) is 90.4 Å². The predicted octanol–water partition coefficient (Wildman–Crippen LogP) is 1.55. The van der Waals surface area contributed by atoms with Gasteiger partial charge in [0.1, 0.15) is 0 Å². The molecule has 0 aliphatic carbocycles. The van der Waals surface area contributed by atoms with Gasteiger partial charge in [0.15, 0.2) is 0 Å². The molecule has 4 nitrogen and oxygen atoms in total. The fourth-order valence-electron chi connectivity index (χ4n) is 2.76. The average molecular weight is 381 g/mol. The van der Waals surface area contributed by atoms with E-state index in [1.165, 1.54) is 77.0 Å². The smallest absolute Gasteiger partial charge is 0.550 e. The van der Waals surface area contributed by atoms with Crippen LogP contribution in [0.25, 0.3) is 0 Å². The Morgan fingerprint density at radius 3 is 1.48 bits per heavy atom. The van der Waals surface area contributed by atoms with Crippen LogP contribution in [0.3, 0.4) is 0 Å². The van der Waals surface area contributed by atoms with Gasteiger partial charge in [-0.3, -0.25) is 4.79 Å². The summed E-state index contributed by atoms with van der Waals surface area (Å²) in [6.07, 6.45) is 17.8. The Balaban J connectivity index is 0. The molecule has 5 heteroatoms. The summed E-state index contributed by atoms with van der Waals surface area (Å²) in [7, 11) is 0. The van der Waals surface area contributed by atoms with Crippen LogP contribution in [-0.2, 0) is 14.3 Å². The second kappa shape index (κ2) is 22.6. The van der Waals surface area contributed by atoms with Crippen molar-refractivity contribution >= 4 is 11.9 Å². The third-order valence-electron chi connectivity index (χ3n) is 4.29. The molecule has 0 aromatic carbocycles. The molecule has 0 amide bonds. The Hall–Kier alpha value is 0.576. The van der Waals surface area contributed by atoms with Crippen LogP contribution in [0.2, 0.25) is 0 Å². The summed E-state index contributed by atoms with van der Waals surface area (Å²) in [6.45, 7) is 2.66. The quantitative estimate of drug-likeness (QED) is 0.206. The minimum Gasteiger partial charge on any atom is -0.550 e. The standard InChI is InChI=1S/C20H38O4.K/c1-2-3-4-5-6-7-8-9-10-11-12-13-14-15-18-24-20(23)17-16-19(21)22;/h2-18H2,1H3,(H,21,22);/q;+1/p-1. The number of ether oxygens (including phenoxy) is 1. The fourth-order valence-corrected chi connectivity index (χ4v) is 2.76. The molecule has 0 saturated carbocycles. The van der Waals surface area contributed by atoms with Gasteiger partial charge in [0.25, 0.3) is 0 Å². The van der Waals surface area contributed by atoms with Crippen molar-refractivity contribution in [3.8, 4) is 0 Å². The van der Waals surface area contributed by atoms with E-state index in [4.69, 9.17) is 4.74 Å². The molecule has 0 aliphatic heterocycles. The van der Waals surface area contributed by atoms with Crippen LogP contribution in [0, 0.1) is 0 Å². The van der Waals surface area contributed by atoms with Crippen LogP contribution >= 0.6 is 0 Å². The first-order chi connectivity index (χ1) is 11.7. The molecule has 0 saturated heterocycles. The van der Waals surface area contributed by atoms with E-state index < -0.39 is 11.9 Å². The Kier molecular flexibility index (Phi) is 25.1. The van der Waals surface area contributed by atoms with E-state index in [1.807, 2.05) is 0 Å². The Morgan fingerprint density at radius 2 is 1.08 bits per heavy atom. The van der Waals surface area contributed by atoms with E-state index in [1.54, 1.807) is 0 Å². The summed E-state index contributed by atoms with van der Waals surface area (Å²) < 4.78 is 4.97. The fraction of sp³-hybridized carbons (Fsp3) is 0.900. The molecule has 0 unspecified atom stereocenters. The molecular weight excluding hydrogens is 343 g/mol. The maximum atomic E-state index is 11.2. The van der Waals surface area contributed by atoms with Gasteiger partial charge in [0.05, 0.1) is 13.0 Å². The zero-order valence-corrected chi connectivity index (χ0v) is 19.8. The number of carboxylic acids is 1. The first-order valence-electron chi connectivity index (χ1n) is 10.0. The average Bonchev–Trinajstić information content (AvgIpc) is 2.56. The minimum atomic E-state index is -1.21. The van der Waals surface area contributed by atoms with E-state index in [0.717, 1.165) is 12.8 Å². The summed E-state index contributed by atoms with van der Waals surface area (Å²) in [6, 6.07) is 0. The summed E-state index contributed by atoms with van der Waals surface area (Å²) >= 11 is 0. The van der Waals surface area contributed by atoms with Crippen molar-refractivity contribution in [3.05, 3.63) is 0 Å². The van der Waals surface area contributed by atoms with Crippen molar-refractivity contribution in [3.63, 3.8) is 0 Å². The molecule has 0 aromatic heterocycles. The minimum absolute atomic E-state index is 0. The monoisotopic (exact) mass is 380 g/mol. The van der Waals surface area contributed by atoms with Crippen molar-refractivity contribution in [2.24, 2.45) is 0 Å². The van der Waals surface area contributed by atoms with Gasteiger partial charge in [-0.15, -0.1) is 0 Å². The molecule has 0 aromatic rings. The van der Waals surface area contributed by atoms with Crippen LogP contribution < -0.4 is 56.5 Å². The molecule has 0 heterocycles. The summed E-state index contributed by atoms with van der Waals surface area (Å²) in [4.78, 5) is 21.4. The van der Waals surface area contributed by atoms with E-state index in [-0.39, 0.29) is 64.2 Å². The number of esters is 1. The van der Waals surface area contributed by atoms with Crippen LogP contribution in [-0.4, -0.2) is 18.5 Å². The molecule has 0 bridgehead atoms. The largest absolute Gasteiger partial charge is 1.00 e. The van der Waals surface area contributed by atoms with Crippen LogP contribution in [0.1, 0.15) is 110 Å². The number of carbonyl (C=O) groups is 2. The van der Waals surface area contributed by atoms with Gasteiger partial charge in [0, 0.05) is 5.97 Å². The first-order valence-corrected chi connectivity index (χ1v) is 10.0. The van der Waals surface area contributed by atoms with E-state index in [9.17, 15) is 14.7 Å². The molecule has 0 fully saturated rings. The number of hydrogen-bond donors (Lipinski definition) is 0. The normalized spacial score (nSPS) is 10.3. The molecule has 0 N–H and O–H groups in total. The summed E-state index contributed by atoms with van der Waals surface area (Å²) in [5.41, 5.74) is 0. The number of unbranched alkanes of at least 4 members (excludes halogenated alkanes) is 13. The zero-order chi connectivity index (χ0) is 17.9. The topological polar surface area (TPSA) is 66.4 Å². The first kappa shape index (κ1) is 27.8. The maximum absolute atomic E-state index is 11.2. The molecule has 0 spiro atoms. The molecule has 142 valence electrons. The van der Waals surface area contributed by atoms with Gasteiger partial charge in [-0.2, -0.15) is 0 Å². The van der Waals surface area contributed by atoms with Gasteiger partial charge in [-0.05, 0) is 12.8 Å². The van der Waals surface area contributed by atoms with Crippen LogP contribution in [0.15, 0.2) is 0 Å². The number of aliphatic carboxylic acids is 1. The van der Waals surface area contributed by atoms with Crippen molar-refractivity contribution in [1.29, 1.82) is 0 Å². The Bertz CT molecular complexity index is 308. The Labute approximate surface area is 197 Å². The van der Waals surface area contributed by atoms with Gasteiger partial charge in [0.2, 0.25) is 0 Å². The number of carboxylic acid groups (broad SMARTS) is 1. The number of carbonyl (C=O) groups excluding carboxylic acids is 2. The zero-order valence-electron chi connectivity index (χ0n) is 16.7. The predicted molar refractivity (Wildman–Crippen MR) is 95.5 cm³/mol. The second-order valence-electron chi connectivity index (χ2n) is 6.69. The molecule has 0 atom stereocenters. The number of hydrogen-bond acceptors (Lipinski definition) is 4. The number of rotatable bonds is 18. The molecule has 0 radical (unpaired) electrons. The second-order valence-corrected chi connectivity index (χ2v) is 6.69. The van der Waals surface area contributed by atoms with E-state index in [2.05, 4.69) is 6.92 Å². The molecule has 0 aliphatic rings. The summed E-state index contributed by atoms with van der Waals surface area (Å²) in [5.74, 6) is -1.64. The third-order valence-corrected chi connectivity index (χ3v) is 4.29. The molecule has 0 rings (SSSR count).